The summed E-state index contributed by atoms with van der Waals surface area (Å²) in [5, 5.41) is 3.56. The number of carbonyl (C=O) groups excluding carboxylic acids is 2. The number of nitrogens with one attached hydrogen (secondary N) is 3. The predicted octanol–water partition coefficient (Wildman–Crippen LogP) is 3.14. The number of carbonyl (C=O) groups is 2. The second-order valence-corrected chi connectivity index (χ2v) is 7.30. The number of hydrogen-bond donors (Lipinski definition) is 3. The average Bonchev–Trinajstić information content (AvgIpc) is 3.11. The maximum atomic E-state index is 12.3. The van der Waals surface area contributed by atoms with Crippen LogP contribution >= 0.6 is 28.1 Å². The van der Waals surface area contributed by atoms with Crippen LogP contribution in [0.2, 0.25) is 0 Å². The molecule has 0 aliphatic heterocycles. The molecule has 2 aromatic carbocycles. The van der Waals surface area contributed by atoms with Crippen LogP contribution < -0.4 is 20.9 Å². The smallest absolute Gasteiger partial charge is 0.258 e. The van der Waals surface area contributed by atoms with E-state index in [0.29, 0.717) is 22.4 Å². The zero-order chi connectivity index (χ0) is 20.8. The summed E-state index contributed by atoms with van der Waals surface area (Å²) in [5.74, 6) is -0.0572. The first kappa shape index (κ1) is 20.8. The monoisotopic (exact) mass is 474 g/mol. The maximum Gasteiger partial charge on any atom is 0.258 e. The van der Waals surface area contributed by atoms with Gasteiger partial charge in [0.25, 0.3) is 11.8 Å². The van der Waals surface area contributed by atoms with Gasteiger partial charge in [-0.2, -0.15) is 0 Å². The SMILES string of the molecule is CCOc1ccc(C(=O)NC(=S)NNC(=O)Cn2ccc3ccccc32)cc1Br. The molecule has 7 nitrogen and oxygen atoms in total. The van der Waals surface area contributed by atoms with Crippen molar-refractivity contribution >= 4 is 56.0 Å². The number of hydrogen-bond acceptors (Lipinski definition) is 4. The third-order valence-corrected chi connectivity index (χ3v) is 4.85. The van der Waals surface area contributed by atoms with Gasteiger partial charge in [0.15, 0.2) is 5.11 Å². The number of benzene rings is 2. The minimum atomic E-state index is -0.406. The third-order valence-electron chi connectivity index (χ3n) is 4.03. The van der Waals surface area contributed by atoms with Crippen LogP contribution in [0.5, 0.6) is 5.75 Å². The fourth-order valence-corrected chi connectivity index (χ4v) is 3.36. The van der Waals surface area contributed by atoms with Crippen LogP contribution in [0, 0.1) is 0 Å². The van der Waals surface area contributed by atoms with Crippen LogP contribution in [0.15, 0.2) is 59.2 Å². The van der Waals surface area contributed by atoms with Crippen molar-refractivity contribution in [1.82, 2.24) is 20.7 Å². The average molecular weight is 475 g/mol. The lowest BCUT2D eigenvalue weighted by atomic mass is 10.2. The van der Waals surface area contributed by atoms with E-state index in [4.69, 9.17) is 17.0 Å². The molecule has 150 valence electrons. The van der Waals surface area contributed by atoms with Gasteiger partial charge in [-0.15, -0.1) is 0 Å². The molecule has 1 heterocycles. The minimum absolute atomic E-state index is 0.00859. The Balaban J connectivity index is 1.51. The standard InChI is InChI=1S/C20H19BrN4O3S/c1-2-28-17-8-7-14(11-15(17)21)19(27)22-20(29)24-23-18(26)12-25-10-9-13-5-3-4-6-16(13)25/h3-11H,2,12H2,1H3,(H,23,26)(H2,22,24,27,29). The summed E-state index contributed by atoms with van der Waals surface area (Å²) in [6.45, 7) is 2.52. The summed E-state index contributed by atoms with van der Waals surface area (Å²) in [6.07, 6.45) is 1.84. The highest BCUT2D eigenvalue weighted by atomic mass is 79.9. The van der Waals surface area contributed by atoms with E-state index in [2.05, 4.69) is 32.1 Å². The maximum absolute atomic E-state index is 12.3. The molecule has 0 aliphatic carbocycles. The number of amides is 2. The Morgan fingerprint density at radius 1 is 1.14 bits per heavy atom. The number of para-hydroxylation sites is 1. The van der Waals surface area contributed by atoms with Gasteiger partial charge in [-0.1, -0.05) is 18.2 Å². The first-order valence-corrected chi connectivity index (χ1v) is 10.0. The topological polar surface area (TPSA) is 84.4 Å². The Morgan fingerprint density at radius 2 is 1.93 bits per heavy atom. The Morgan fingerprint density at radius 3 is 2.69 bits per heavy atom. The highest BCUT2D eigenvalue weighted by molar-refractivity contribution is 9.10. The molecule has 0 bridgehead atoms. The van der Waals surface area contributed by atoms with E-state index in [1.54, 1.807) is 18.2 Å². The van der Waals surface area contributed by atoms with Crippen LogP contribution in [0.3, 0.4) is 0 Å². The molecule has 0 fully saturated rings. The zero-order valence-corrected chi connectivity index (χ0v) is 18.0. The van der Waals surface area contributed by atoms with E-state index in [1.165, 1.54) is 0 Å². The molecule has 2 amide bonds. The van der Waals surface area contributed by atoms with Gasteiger partial charge < -0.3 is 9.30 Å². The van der Waals surface area contributed by atoms with Crippen LogP contribution in [-0.2, 0) is 11.3 Å². The van der Waals surface area contributed by atoms with Crippen molar-refractivity contribution in [2.45, 2.75) is 13.5 Å². The Labute approximate surface area is 181 Å². The molecule has 1 aromatic heterocycles. The van der Waals surface area contributed by atoms with Crippen LogP contribution in [0.25, 0.3) is 10.9 Å². The summed E-state index contributed by atoms with van der Waals surface area (Å²) >= 11 is 8.44. The Kier molecular flexibility index (Phi) is 6.84. The fourth-order valence-electron chi connectivity index (χ4n) is 2.72. The quantitative estimate of drug-likeness (QED) is 0.390. The Hall–Kier alpha value is -2.91. The van der Waals surface area contributed by atoms with Crippen molar-refractivity contribution < 1.29 is 14.3 Å². The van der Waals surface area contributed by atoms with Gasteiger partial charge in [-0.25, -0.2) is 0 Å². The summed E-state index contributed by atoms with van der Waals surface area (Å²) < 4.78 is 7.91. The molecule has 3 N–H and O–H groups in total. The first-order chi connectivity index (χ1) is 14.0. The third kappa shape index (κ3) is 5.33. The van der Waals surface area contributed by atoms with Crippen molar-refractivity contribution in [3.05, 3.63) is 64.8 Å². The number of fused-ring (bicyclic) bond motifs is 1. The molecule has 29 heavy (non-hydrogen) atoms. The molecular formula is C20H19BrN4O3S. The fraction of sp³-hybridized carbons (Fsp3) is 0.150. The number of aromatic nitrogens is 1. The van der Waals surface area contributed by atoms with Crippen LogP contribution in [-0.4, -0.2) is 28.1 Å². The number of hydrazine groups is 1. The van der Waals surface area contributed by atoms with E-state index < -0.39 is 5.91 Å². The van der Waals surface area contributed by atoms with Gasteiger partial charge in [0.2, 0.25) is 0 Å². The summed E-state index contributed by atoms with van der Waals surface area (Å²) in [5.41, 5.74) is 6.38. The largest absolute Gasteiger partial charge is 0.493 e. The number of nitrogens with zero attached hydrogens (tertiary/aromatic N) is 1. The second kappa shape index (κ2) is 9.53. The predicted molar refractivity (Wildman–Crippen MR) is 119 cm³/mol. The van der Waals surface area contributed by atoms with Gasteiger partial charge in [0.1, 0.15) is 12.3 Å². The molecule has 3 rings (SSSR count). The molecule has 0 saturated carbocycles. The van der Waals surface area contributed by atoms with E-state index in [9.17, 15) is 9.59 Å². The highest BCUT2D eigenvalue weighted by Crippen LogP contribution is 2.25. The van der Waals surface area contributed by atoms with E-state index in [1.807, 2.05) is 48.0 Å². The molecule has 0 saturated heterocycles. The molecule has 0 spiro atoms. The van der Waals surface area contributed by atoms with Crippen LogP contribution in [0.1, 0.15) is 17.3 Å². The van der Waals surface area contributed by atoms with Gasteiger partial charge in [-0.3, -0.25) is 25.8 Å². The van der Waals surface area contributed by atoms with E-state index in [0.717, 1.165) is 10.9 Å². The molecule has 0 aliphatic rings. The molecular weight excluding hydrogens is 456 g/mol. The van der Waals surface area contributed by atoms with Crippen molar-refractivity contribution in [2.75, 3.05) is 6.61 Å². The second-order valence-electron chi connectivity index (χ2n) is 6.04. The first-order valence-electron chi connectivity index (χ1n) is 8.84. The van der Waals surface area contributed by atoms with Crippen LogP contribution in [0.4, 0.5) is 0 Å². The minimum Gasteiger partial charge on any atom is -0.493 e. The van der Waals surface area contributed by atoms with Gasteiger partial charge >= 0.3 is 0 Å². The van der Waals surface area contributed by atoms with Crippen molar-refractivity contribution in [2.24, 2.45) is 0 Å². The lowest BCUT2D eigenvalue weighted by Crippen LogP contribution is -2.49. The number of halogens is 1. The normalized spacial score (nSPS) is 10.4. The summed E-state index contributed by atoms with van der Waals surface area (Å²) in [7, 11) is 0. The lowest BCUT2D eigenvalue weighted by molar-refractivity contribution is -0.122. The summed E-state index contributed by atoms with van der Waals surface area (Å²) in [6, 6.07) is 14.7. The molecule has 3 aromatic rings. The molecule has 0 unspecified atom stereocenters. The number of thiocarbonyl (C=S) groups is 1. The number of rotatable bonds is 5. The highest BCUT2D eigenvalue weighted by Gasteiger charge is 2.12. The van der Waals surface area contributed by atoms with Crippen molar-refractivity contribution in [1.29, 1.82) is 0 Å². The van der Waals surface area contributed by atoms with Gasteiger partial charge in [0.05, 0.1) is 11.1 Å². The van der Waals surface area contributed by atoms with Crippen molar-refractivity contribution in [3.63, 3.8) is 0 Å². The van der Waals surface area contributed by atoms with Crippen molar-refractivity contribution in [3.8, 4) is 5.75 Å². The summed E-state index contributed by atoms with van der Waals surface area (Å²) in [4.78, 5) is 24.5. The lowest BCUT2D eigenvalue weighted by Gasteiger charge is -2.12. The van der Waals surface area contributed by atoms with E-state index >= 15 is 0 Å². The van der Waals surface area contributed by atoms with Gasteiger partial charge in [-0.05, 0) is 70.8 Å². The van der Waals surface area contributed by atoms with Gasteiger partial charge in [0, 0.05) is 17.3 Å². The number of ether oxygens (including phenoxy) is 1. The molecule has 0 atom stereocenters. The van der Waals surface area contributed by atoms with E-state index in [-0.39, 0.29) is 17.6 Å². The zero-order valence-electron chi connectivity index (χ0n) is 15.6. The molecule has 0 radical (unpaired) electrons. The molecule has 9 heteroatoms. The Bertz CT molecular complexity index is 1070.